The summed E-state index contributed by atoms with van der Waals surface area (Å²) in [7, 11) is 0. The Labute approximate surface area is 101 Å². The Balaban J connectivity index is 2.33. The van der Waals surface area contributed by atoms with Gasteiger partial charge in [-0.3, -0.25) is 9.89 Å². The highest BCUT2D eigenvalue weighted by molar-refractivity contribution is 5.97. The third-order valence-corrected chi connectivity index (χ3v) is 2.68. The molecule has 1 unspecified atom stereocenters. The predicted molar refractivity (Wildman–Crippen MR) is 65.6 cm³/mol. The maximum absolute atomic E-state index is 11.7. The summed E-state index contributed by atoms with van der Waals surface area (Å²) in [5.74, 6) is 0.00750. The van der Waals surface area contributed by atoms with E-state index in [-0.39, 0.29) is 24.1 Å². The lowest BCUT2D eigenvalue weighted by Crippen LogP contribution is -2.26. The first kappa shape index (κ1) is 13.5. The number of aryl methyl sites for hydroxylation is 1. The van der Waals surface area contributed by atoms with E-state index in [0.717, 1.165) is 12.8 Å². The first-order valence-electron chi connectivity index (χ1n) is 5.75. The van der Waals surface area contributed by atoms with Gasteiger partial charge in [-0.25, -0.2) is 0 Å². The molecule has 0 bridgehead atoms. The number of H-pyrrole nitrogens is 1. The number of rotatable bonds is 6. The number of carbonyl (C=O) groups excluding carboxylic acids is 1. The van der Waals surface area contributed by atoms with Crippen molar-refractivity contribution in [1.29, 1.82) is 0 Å². The van der Waals surface area contributed by atoms with Gasteiger partial charge in [0.2, 0.25) is 0 Å². The lowest BCUT2D eigenvalue weighted by Gasteiger charge is -2.07. The van der Waals surface area contributed by atoms with E-state index >= 15 is 0 Å². The zero-order chi connectivity index (χ0) is 12.8. The molecule has 0 aliphatic carbocycles. The molecule has 6 heteroatoms. The van der Waals surface area contributed by atoms with Gasteiger partial charge in [-0.2, -0.15) is 5.10 Å². The fourth-order valence-electron chi connectivity index (χ4n) is 1.44. The van der Waals surface area contributed by atoms with Crippen molar-refractivity contribution in [3.05, 3.63) is 11.4 Å². The lowest BCUT2D eigenvalue weighted by molar-refractivity contribution is 0.0948. The summed E-state index contributed by atoms with van der Waals surface area (Å²) in [6.07, 6.45) is 1.71. The number of nitrogens with zero attached hydrogens (tertiary/aromatic N) is 1. The van der Waals surface area contributed by atoms with Crippen molar-refractivity contribution >= 4 is 11.6 Å². The molecule has 1 aromatic rings. The first-order valence-corrected chi connectivity index (χ1v) is 5.75. The molecular formula is C11H20N4O2. The third kappa shape index (κ3) is 3.74. The van der Waals surface area contributed by atoms with E-state index in [2.05, 4.69) is 15.5 Å². The van der Waals surface area contributed by atoms with Crippen LogP contribution in [0.15, 0.2) is 0 Å². The van der Waals surface area contributed by atoms with Crippen molar-refractivity contribution in [1.82, 2.24) is 15.5 Å². The molecule has 0 saturated heterocycles. The summed E-state index contributed by atoms with van der Waals surface area (Å²) >= 11 is 0. The summed E-state index contributed by atoms with van der Waals surface area (Å²) in [5.41, 5.74) is 7.03. The zero-order valence-corrected chi connectivity index (χ0v) is 10.3. The van der Waals surface area contributed by atoms with E-state index in [9.17, 15) is 4.79 Å². The minimum Gasteiger partial charge on any atom is -0.396 e. The van der Waals surface area contributed by atoms with Crippen LogP contribution < -0.4 is 11.1 Å². The van der Waals surface area contributed by atoms with Gasteiger partial charge in [-0.05, 0) is 25.7 Å². The van der Waals surface area contributed by atoms with E-state index < -0.39 is 0 Å². The average molecular weight is 240 g/mol. The monoisotopic (exact) mass is 240 g/mol. The van der Waals surface area contributed by atoms with Crippen LogP contribution in [0.1, 0.15) is 35.9 Å². The predicted octanol–water partition coefficient (Wildman–Crippen LogP) is 0.439. The quantitative estimate of drug-likeness (QED) is 0.541. The number of aliphatic hydroxyl groups is 1. The molecule has 0 spiro atoms. The lowest BCUT2D eigenvalue weighted by atomic mass is 10.1. The maximum Gasteiger partial charge on any atom is 0.273 e. The van der Waals surface area contributed by atoms with Crippen molar-refractivity contribution < 1.29 is 9.90 Å². The Kier molecular flexibility index (Phi) is 4.96. The summed E-state index contributed by atoms with van der Waals surface area (Å²) < 4.78 is 0. The van der Waals surface area contributed by atoms with E-state index in [1.54, 1.807) is 6.92 Å². The third-order valence-electron chi connectivity index (χ3n) is 2.68. The molecule has 1 rings (SSSR count). The van der Waals surface area contributed by atoms with Crippen LogP contribution in [0.5, 0.6) is 0 Å². The number of nitrogens with two attached hydrogens (primary N) is 1. The van der Waals surface area contributed by atoms with E-state index in [4.69, 9.17) is 10.8 Å². The van der Waals surface area contributed by atoms with Gasteiger partial charge >= 0.3 is 0 Å². The minimum atomic E-state index is -0.261. The molecule has 0 saturated carbocycles. The second kappa shape index (κ2) is 6.24. The number of nitrogens with one attached hydrogen (secondary N) is 2. The maximum atomic E-state index is 11.7. The second-order valence-corrected chi connectivity index (χ2v) is 4.30. The largest absolute Gasteiger partial charge is 0.396 e. The van der Waals surface area contributed by atoms with Gasteiger partial charge in [0.1, 0.15) is 0 Å². The van der Waals surface area contributed by atoms with Crippen LogP contribution in [0.4, 0.5) is 5.69 Å². The molecule has 0 aliphatic heterocycles. The second-order valence-electron chi connectivity index (χ2n) is 4.30. The summed E-state index contributed by atoms with van der Waals surface area (Å²) in [6, 6.07) is 0. The van der Waals surface area contributed by atoms with Gasteiger partial charge in [0.25, 0.3) is 5.91 Å². The van der Waals surface area contributed by atoms with Gasteiger partial charge < -0.3 is 16.2 Å². The Morgan fingerprint density at radius 1 is 1.65 bits per heavy atom. The van der Waals surface area contributed by atoms with Crippen molar-refractivity contribution in [3.63, 3.8) is 0 Å². The van der Waals surface area contributed by atoms with Crippen LogP contribution in [-0.2, 0) is 0 Å². The fourth-order valence-corrected chi connectivity index (χ4v) is 1.44. The standard InChI is InChI=1S/C11H20N4O2/c1-7(6-16)4-3-5-13-11(17)10-9(12)8(2)14-15-10/h7,16H,3-6,12H2,1-2H3,(H,13,17)(H,14,15). The number of aliphatic hydroxyl groups excluding tert-OH is 1. The molecule has 1 atom stereocenters. The molecule has 1 amide bonds. The normalized spacial score (nSPS) is 12.4. The Bertz CT molecular complexity index is 376. The Hall–Kier alpha value is -1.56. The first-order chi connectivity index (χ1) is 8.06. The molecule has 0 aliphatic rings. The molecule has 0 fully saturated rings. The van der Waals surface area contributed by atoms with Gasteiger partial charge in [-0.15, -0.1) is 0 Å². The molecule has 6 nitrogen and oxygen atoms in total. The zero-order valence-electron chi connectivity index (χ0n) is 10.3. The van der Waals surface area contributed by atoms with Crippen molar-refractivity contribution in [2.45, 2.75) is 26.7 Å². The van der Waals surface area contributed by atoms with Gasteiger partial charge in [-0.1, -0.05) is 6.92 Å². The van der Waals surface area contributed by atoms with Crippen LogP contribution in [0.25, 0.3) is 0 Å². The van der Waals surface area contributed by atoms with Crippen LogP contribution >= 0.6 is 0 Å². The number of hydrogen-bond donors (Lipinski definition) is 4. The van der Waals surface area contributed by atoms with Crippen LogP contribution in [-0.4, -0.2) is 34.4 Å². The number of amides is 1. The highest BCUT2D eigenvalue weighted by atomic mass is 16.3. The molecule has 0 radical (unpaired) electrons. The van der Waals surface area contributed by atoms with Crippen molar-refractivity contribution in [3.8, 4) is 0 Å². The topological polar surface area (TPSA) is 104 Å². The number of nitrogen functional groups attached to an aromatic ring is 1. The van der Waals surface area contributed by atoms with Gasteiger partial charge in [0.15, 0.2) is 5.69 Å². The Morgan fingerprint density at radius 2 is 2.35 bits per heavy atom. The fraction of sp³-hybridized carbons (Fsp3) is 0.636. The van der Waals surface area contributed by atoms with E-state index in [0.29, 0.717) is 17.9 Å². The molecule has 1 heterocycles. The van der Waals surface area contributed by atoms with Crippen LogP contribution in [0.3, 0.4) is 0 Å². The van der Waals surface area contributed by atoms with Gasteiger partial charge in [0.05, 0.1) is 11.4 Å². The molecule has 1 aromatic heterocycles. The minimum absolute atomic E-state index is 0.180. The number of aromatic amines is 1. The van der Waals surface area contributed by atoms with E-state index in [1.165, 1.54) is 0 Å². The molecule has 17 heavy (non-hydrogen) atoms. The van der Waals surface area contributed by atoms with Crippen molar-refractivity contribution in [2.75, 3.05) is 18.9 Å². The number of aromatic nitrogens is 2. The number of hydrogen-bond acceptors (Lipinski definition) is 4. The van der Waals surface area contributed by atoms with E-state index in [1.807, 2.05) is 6.92 Å². The number of carbonyl (C=O) groups is 1. The van der Waals surface area contributed by atoms with Crippen molar-refractivity contribution in [2.24, 2.45) is 5.92 Å². The molecule has 0 aromatic carbocycles. The van der Waals surface area contributed by atoms with Gasteiger partial charge in [0, 0.05) is 13.2 Å². The van der Waals surface area contributed by atoms with Crippen LogP contribution in [0, 0.1) is 12.8 Å². The summed E-state index contributed by atoms with van der Waals surface area (Å²) in [5, 5.41) is 18.1. The summed E-state index contributed by atoms with van der Waals surface area (Å²) in [6.45, 7) is 4.48. The molecule has 5 N–H and O–H groups in total. The highest BCUT2D eigenvalue weighted by Gasteiger charge is 2.14. The molecule has 96 valence electrons. The summed E-state index contributed by atoms with van der Waals surface area (Å²) in [4.78, 5) is 11.7. The van der Waals surface area contributed by atoms with Crippen LogP contribution in [0.2, 0.25) is 0 Å². The Morgan fingerprint density at radius 3 is 2.88 bits per heavy atom. The SMILES string of the molecule is Cc1[nH]nc(C(=O)NCCCC(C)CO)c1N. The number of anilines is 1. The molecular weight excluding hydrogens is 220 g/mol. The highest BCUT2D eigenvalue weighted by Crippen LogP contribution is 2.12. The average Bonchev–Trinajstić information content (AvgIpc) is 2.65. The smallest absolute Gasteiger partial charge is 0.273 e.